The highest BCUT2D eigenvalue weighted by Gasteiger charge is 2.30. The summed E-state index contributed by atoms with van der Waals surface area (Å²) in [7, 11) is 0. The Morgan fingerprint density at radius 2 is 2.00 bits per heavy atom. The van der Waals surface area contributed by atoms with E-state index in [1.165, 1.54) is 12.1 Å². The minimum Gasteiger partial charge on any atom is -0.360 e. The molecule has 160 valence electrons. The molecule has 1 saturated heterocycles. The average molecular weight is 442 g/mol. The number of benzene rings is 2. The minimum atomic E-state index is -0.321. The van der Waals surface area contributed by atoms with E-state index < -0.39 is 0 Å². The molecule has 1 aromatic heterocycles. The van der Waals surface area contributed by atoms with E-state index in [1.54, 1.807) is 42.2 Å². The van der Waals surface area contributed by atoms with Crippen LogP contribution in [0.5, 0.6) is 0 Å². The molecule has 31 heavy (non-hydrogen) atoms. The van der Waals surface area contributed by atoms with E-state index in [2.05, 4.69) is 10.5 Å². The maximum absolute atomic E-state index is 13.1. The summed E-state index contributed by atoms with van der Waals surface area (Å²) in [6.45, 7) is 2.96. The predicted molar refractivity (Wildman–Crippen MR) is 114 cm³/mol. The zero-order chi connectivity index (χ0) is 22.0. The quantitative estimate of drug-likeness (QED) is 0.621. The third kappa shape index (κ3) is 4.61. The van der Waals surface area contributed by atoms with Crippen LogP contribution in [0.3, 0.4) is 0 Å². The van der Waals surface area contributed by atoms with Gasteiger partial charge in [-0.3, -0.25) is 9.59 Å². The molecule has 0 spiro atoms. The van der Waals surface area contributed by atoms with Crippen molar-refractivity contribution in [2.24, 2.45) is 5.92 Å². The molecule has 3 aromatic rings. The van der Waals surface area contributed by atoms with Crippen LogP contribution >= 0.6 is 11.6 Å². The minimum absolute atomic E-state index is 0.0131. The first kappa shape index (κ1) is 21.1. The molecular formula is C23H21ClFN3O3. The molecule has 1 aliphatic rings. The van der Waals surface area contributed by atoms with Crippen LogP contribution in [0.4, 0.5) is 4.39 Å². The van der Waals surface area contributed by atoms with Crippen molar-refractivity contribution in [2.45, 2.75) is 19.9 Å². The fourth-order valence-corrected chi connectivity index (χ4v) is 3.98. The van der Waals surface area contributed by atoms with Gasteiger partial charge in [0.2, 0.25) is 5.91 Å². The second-order valence-electron chi connectivity index (χ2n) is 7.62. The number of hydrogen-bond donors (Lipinski definition) is 1. The number of hydrogen-bond acceptors (Lipinski definition) is 4. The van der Waals surface area contributed by atoms with Gasteiger partial charge in [-0.05, 0) is 30.7 Å². The molecule has 8 heteroatoms. The fourth-order valence-electron chi connectivity index (χ4n) is 3.76. The maximum Gasteiger partial charge on any atom is 0.257 e. The van der Waals surface area contributed by atoms with Gasteiger partial charge < -0.3 is 14.7 Å². The molecular weight excluding hydrogens is 421 g/mol. The molecule has 0 bridgehead atoms. The zero-order valence-corrected chi connectivity index (χ0v) is 17.7. The number of rotatable bonds is 6. The van der Waals surface area contributed by atoms with Crippen molar-refractivity contribution in [1.82, 2.24) is 15.4 Å². The Morgan fingerprint density at radius 3 is 2.74 bits per heavy atom. The number of aryl methyl sites for hydroxylation is 1. The first-order valence-corrected chi connectivity index (χ1v) is 10.3. The van der Waals surface area contributed by atoms with E-state index >= 15 is 0 Å². The van der Waals surface area contributed by atoms with Crippen molar-refractivity contribution in [2.75, 3.05) is 13.1 Å². The second-order valence-corrected chi connectivity index (χ2v) is 8.03. The Morgan fingerprint density at radius 1 is 1.26 bits per heavy atom. The van der Waals surface area contributed by atoms with Gasteiger partial charge in [0, 0.05) is 37.5 Å². The monoisotopic (exact) mass is 441 g/mol. The Balaban J connectivity index is 1.40. The highest BCUT2D eigenvalue weighted by molar-refractivity contribution is 6.33. The Labute approximate surface area is 184 Å². The van der Waals surface area contributed by atoms with Crippen LogP contribution in [-0.4, -0.2) is 35.0 Å². The second kappa shape index (κ2) is 8.89. The van der Waals surface area contributed by atoms with Crippen LogP contribution in [0.25, 0.3) is 11.3 Å². The van der Waals surface area contributed by atoms with Crippen LogP contribution in [0.15, 0.2) is 53.1 Å². The van der Waals surface area contributed by atoms with Gasteiger partial charge in [-0.25, -0.2) is 4.39 Å². The molecule has 1 unspecified atom stereocenters. The lowest BCUT2D eigenvalue weighted by atomic mass is 10.0. The lowest BCUT2D eigenvalue weighted by molar-refractivity contribution is -0.128. The van der Waals surface area contributed by atoms with Gasteiger partial charge in [0.05, 0.1) is 5.02 Å². The third-order valence-electron chi connectivity index (χ3n) is 5.35. The van der Waals surface area contributed by atoms with Crippen LogP contribution in [0, 0.1) is 18.7 Å². The maximum atomic E-state index is 13.1. The van der Waals surface area contributed by atoms with Crippen molar-refractivity contribution in [3.8, 4) is 11.3 Å². The molecule has 4 rings (SSSR count). The van der Waals surface area contributed by atoms with Gasteiger partial charge in [-0.15, -0.1) is 0 Å². The summed E-state index contributed by atoms with van der Waals surface area (Å²) < 4.78 is 18.3. The average Bonchev–Trinajstić information content (AvgIpc) is 3.30. The molecule has 2 heterocycles. The first-order valence-electron chi connectivity index (χ1n) is 9.94. The summed E-state index contributed by atoms with van der Waals surface area (Å²) >= 11 is 6.26. The van der Waals surface area contributed by atoms with Gasteiger partial charge in [0.1, 0.15) is 22.8 Å². The highest BCUT2D eigenvalue weighted by atomic mass is 35.5. The molecule has 0 saturated carbocycles. The molecule has 2 amide bonds. The smallest absolute Gasteiger partial charge is 0.257 e. The zero-order valence-electron chi connectivity index (χ0n) is 16.9. The number of amides is 2. The normalized spacial score (nSPS) is 16.0. The van der Waals surface area contributed by atoms with Crippen molar-refractivity contribution < 1.29 is 18.5 Å². The summed E-state index contributed by atoms with van der Waals surface area (Å²) in [6.07, 6.45) is 0.349. The van der Waals surface area contributed by atoms with E-state index in [-0.39, 0.29) is 23.5 Å². The number of halogens is 2. The SMILES string of the molecule is Cc1onc(-c2ccccc2Cl)c1C(=O)NCC1CC(=O)N(Cc2ccc(F)cc2)C1. The first-order chi connectivity index (χ1) is 14.9. The van der Waals surface area contributed by atoms with Gasteiger partial charge in [-0.2, -0.15) is 0 Å². The summed E-state index contributed by atoms with van der Waals surface area (Å²) in [5, 5.41) is 7.39. The summed E-state index contributed by atoms with van der Waals surface area (Å²) in [5.74, 6) is -0.231. The van der Waals surface area contributed by atoms with E-state index in [1.807, 2.05) is 6.07 Å². The number of carbonyl (C=O) groups excluding carboxylic acids is 2. The molecule has 1 aliphatic heterocycles. The van der Waals surface area contributed by atoms with Gasteiger partial charge in [-0.1, -0.05) is 47.1 Å². The van der Waals surface area contributed by atoms with Crippen LogP contribution in [-0.2, 0) is 11.3 Å². The van der Waals surface area contributed by atoms with E-state index in [0.717, 1.165) is 5.56 Å². The predicted octanol–water partition coefficient (Wildman–Crippen LogP) is 4.22. The topological polar surface area (TPSA) is 75.4 Å². The van der Waals surface area contributed by atoms with Crippen LogP contribution in [0.1, 0.15) is 28.1 Å². The number of nitrogens with one attached hydrogen (secondary N) is 1. The Bertz CT molecular complexity index is 1110. The van der Waals surface area contributed by atoms with Crippen LogP contribution in [0.2, 0.25) is 5.02 Å². The van der Waals surface area contributed by atoms with Crippen molar-refractivity contribution in [1.29, 1.82) is 0 Å². The molecule has 1 fully saturated rings. The van der Waals surface area contributed by atoms with E-state index in [9.17, 15) is 14.0 Å². The molecule has 6 nitrogen and oxygen atoms in total. The van der Waals surface area contributed by atoms with E-state index in [0.29, 0.717) is 53.7 Å². The largest absolute Gasteiger partial charge is 0.360 e. The fraction of sp³-hybridized carbons (Fsp3) is 0.261. The third-order valence-corrected chi connectivity index (χ3v) is 5.68. The molecule has 1 atom stereocenters. The Kier molecular flexibility index (Phi) is 6.04. The van der Waals surface area contributed by atoms with Crippen molar-refractivity contribution >= 4 is 23.4 Å². The summed E-state index contributed by atoms with van der Waals surface area (Å²) in [6, 6.07) is 13.2. The standard InChI is InChI=1S/C23H21ClFN3O3/c1-14-21(22(27-31-14)18-4-2-3-5-19(18)24)23(30)26-11-16-10-20(29)28(13-16)12-15-6-8-17(25)9-7-15/h2-9,16H,10-13H2,1H3,(H,26,30). The molecule has 2 aromatic carbocycles. The number of nitrogens with zero attached hydrogens (tertiary/aromatic N) is 2. The number of likely N-dealkylation sites (tertiary alicyclic amines) is 1. The van der Waals surface area contributed by atoms with Gasteiger partial charge in [0.15, 0.2) is 0 Å². The number of carbonyl (C=O) groups is 2. The molecule has 0 aliphatic carbocycles. The lowest BCUT2D eigenvalue weighted by Gasteiger charge is -2.17. The highest BCUT2D eigenvalue weighted by Crippen LogP contribution is 2.31. The van der Waals surface area contributed by atoms with Crippen LogP contribution < -0.4 is 5.32 Å². The molecule has 1 N–H and O–H groups in total. The lowest BCUT2D eigenvalue weighted by Crippen LogP contribution is -2.31. The van der Waals surface area contributed by atoms with Gasteiger partial charge >= 0.3 is 0 Å². The summed E-state index contributed by atoms with van der Waals surface area (Å²) in [5.41, 5.74) is 2.21. The van der Waals surface area contributed by atoms with Crippen molar-refractivity contribution in [3.05, 3.63) is 76.3 Å². The summed E-state index contributed by atoms with van der Waals surface area (Å²) in [4.78, 5) is 27.0. The number of aromatic nitrogens is 1. The van der Waals surface area contributed by atoms with E-state index in [4.69, 9.17) is 16.1 Å². The Hall–Kier alpha value is -3.19. The van der Waals surface area contributed by atoms with Gasteiger partial charge in [0.25, 0.3) is 5.91 Å². The van der Waals surface area contributed by atoms with Crippen molar-refractivity contribution in [3.63, 3.8) is 0 Å². The molecule has 0 radical (unpaired) electrons.